The third-order valence-electron chi connectivity index (χ3n) is 4.60. The molecule has 110 valence electrons. The molecule has 3 aromatic rings. The number of nitrogens with zero attached hydrogens (tertiary/aromatic N) is 1. The summed E-state index contributed by atoms with van der Waals surface area (Å²) >= 11 is 0. The molecule has 1 aliphatic rings. The minimum Gasteiger partial charge on any atom is -0.343 e. The van der Waals surface area contributed by atoms with Crippen LogP contribution in [-0.4, -0.2) is 20.5 Å². The first-order valence-corrected chi connectivity index (χ1v) is 11.8. The van der Waals surface area contributed by atoms with E-state index in [1.54, 1.807) is 0 Å². The Morgan fingerprint density at radius 1 is 1.09 bits per heavy atom. The predicted molar refractivity (Wildman–Crippen MR) is 102 cm³/mol. The Balaban J connectivity index is 2.06. The summed E-state index contributed by atoms with van der Waals surface area (Å²) in [7, 11) is 1.00. The third-order valence-corrected chi connectivity index (χ3v) is 5.86. The van der Waals surface area contributed by atoms with E-state index in [0.29, 0.717) is 0 Å². The minimum atomic E-state index is -1.19. The van der Waals surface area contributed by atoms with E-state index in [4.69, 9.17) is 0 Å². The van der Waals surface area contributed by atoms with Crippen molar-refractivity contribution in [2.24, 2.45) is 0 Å². The van der Waals surface area contributed by atoms with Gasteiger partial charge in [0.05, 0.1) is 13.8 Å². The van der Waals surface area contributed by atoms with Gasteiger partial charge in [-0.05, 0) is 17.2 Å². The fourth-order valence-electron chi connectivity index (χ4n) is 3.76. The summed E-state index contributed by atoms with van der Waals surface area (Å²) in [4.78, 5) is 0. The summed E-state index contributed by atoms with van der Waals surface area (Å²) < 4.78 is 2.61. The average molecular weight is 303 g/mol. The maximum absolute atomic E-state index is 2.61. The molecule has 3 heteroatoms. The van der Waals surface area contributed by atoms with Crippen molar-refractivity contribution >= 4 is 32.3 Å². The molecule has 2 aromatic carbocycles. The van der Waals surface area contributed by atoms with E-state index < -0.39 is 8.07 Å². The van der Waals surface area contributed by atoms with Crippen LogP contribution in [0.15, 0.2) is 42.5 Å². The summed E-state index contributed by atoms with van der Waals surface area (Å²) in [6, 6.07) is 15.9. The van der Waals surface area contributed by atoms with E-state index in [1.807, 2.05) is 0 Å². The summed E-state index contributed by atoms with van der Waals surface area (Å²) in [6.07, 6.45) is 2.28. The van der Waals surface area contributed by atoms with Crippen LogP contribution in [0, 0.1) is 0 Å². The normalized spacial score (nSPS) is 13.4. The van der Waals surface area contributed by atoms with Gasteiger partial charge >= 0.3 is 0 Å². The van der Waals surface area contributed by atoms with Crippen molar-refractivity contribution in [1.82, 2.24) is 4.57 Å². The van der Waals surface area contributed by atoms with Crippen LogP contribution in [0.3, 0.4) is 0 Å². The van der Waals surface area contributed by atoms with Crippen LogP contribution in [0.5, 0.6) is 0 Å². The molecule has 0 unspecified atom stereocenters. The van der Waals surface area contributed by atoms with Gasteiger partial charge in [0, 0.05) is 29.1 Å². The van der Waals surface area contributed by atoms with Crippen LogP contribution in [0.25, 0.3) is 22.2 Å². The van der Waals surface area contributed by atoms with Crippen LogP contribution in [0.4, 0.5) is 0 Å². The number of rotatable bonds is 2. The summed E-state index contributed by atoms with van der Waals surface area (Å²) in [5.74, 6) is 0. The number of hydrogen-bond donors (Lipinski definition) is 0. The van der Waals surface area contributed by atoms with Crippen molar-refractivity contribution in [2.75, 3.05) is 0 Å². The van der Waals surface area contributed by atoms with Crippen molar-refractivity contribution in [3.05, 3.63) is 53.6 Å². The van der Waals surface area contributed by atoms with Gasteiger partial charge in [-0.2, -0.15) is 0 Å². The maximum Gasteiger partial charge on any atom is 0.139 e. The van der Waals surface area contributed by atoms with E-state index in [0.717, 1.165) is 6.42 Å². The van der Waals surface area contributed by atoms with Gasteiger partial charge < -0.3 is 4.57 Å². The summed E-state index contributed by atoms with van der Waals surface area (Å²) in [5.41, 5.74) is 8.74. The van der Waals surface area contributed by atoms with Crippen molar-refractivity contribution in [3.8, 4) is 11.3 Å². The van der Waals surface area contributed by atoms with Crippen LogP contribution < -0.4 is 5.46 Å². The lowest BCUT2D eigenvalue weighted by Crippen LogP contribution is -2.28. The number of hydrogen-bond acceptors (Lipinski definition) is 0. The molecular weight excluding hydrogens is 281 g/mol. The van der Waals surface area contributed by atoms with Crippen molar-refractivity contribution in [1.29, 1.82) is 0 Å². The van der Waals surface area contributed by atoms with Crippen LogP contribution in [0.2, 0.25) is 19.6 Å². The van der Waals surface area contributed by atoms with Gasteiger partial charge in [0.1, 0.15) is 7.85 Å². The minimum absolute atomic E-state index is 1.09. The predicted octanol–water partition coefficient (Wildman–Crippen LogP) is 3.35. The van der Waals surface area contributed by atoms with Gasteiger partial charge in [0.2, 0.25) is 0 Å². The Morgan fingerprint density at radius 3 is 2.64 bits per heavy atom. The third kappa shape index (κ3) is 2.07. The van der Waals surface area contributed by atoms with E-state index in [9.17, 15) is 0 Å². The molecule has 0 atom stereocenters. The Hall–Kier alpha value is -1.74. The molecule has 0 spiro atoms. The SMILES string of the molecule is Bc1ccc2c(c1)c1c(n2C[Si](C)(C)C)-c2ccccc2C1. The molecule has 0 aliphatic heterocycles. The van der Waals surface area contributed by atoms with E-state index in [-0.39, 0.29) is 0 Å². The second-order valence-electron chi connectivity index (χ2n) is 7.83. The zero-order valence-corrected chi connectivity index (χ0v) is 14.9. The Morgan fingerprint density at radius 2 is 1.86 bits per heavy atom. The maximum atomic E-state index is 2.61. The van der Waals surface area contributed by atoms with Crippen LogP contribution in [0.1, 0.15) is 11.1 Å². The Bertz CT molecular complexity index is 886. The summed E-state index contributed by atoms with van der Waals surface area (Å²) in [6.45, 7) is 7.38. The molecular formula is C19H22BNSi. The second kappa shape index (κ2) is 4.63. The second-order valence-corrected chi connectivity index (χ2v) is 13.3. The first kappa shape index (κ1) is 13.9. The molecule has 0 N–H and O–H groups in total. The molecule has 1 aromatic heterocycles. The van der Waals surface area contributed by atoms with Crippen molar-refractivity contribution in [3.63, 3.8) is 0 Å². The number of benzene rings is 2. The topological polar surface area (TPSA) is 4.93 Å². The zero-order chi connectivity index (χ0) is 15.5. The largest absolute Gasteiger partial charge is 0.343 e. The Kier molecular flexibility index (Phi) is 2.92. The highest BCUT2D eigenvalue weighted by molar-refractivity contribution is 6.75. The molecule has 1 aliphatic carbocycles. The number of aromatic nitrogens is 1. The van der Waals surface area contributed by atoms with Gasteiger partial charge in [-0.25, -0.2) is 0 Å². The van der Waals surface area contributed by atoms with E-state index in [2.05, 4.69) is 74.5 Å². The highest BCUT2D eigenvalue weighted by Gasteiger charge is 2.28. The van der Waals surface area contributed by atoms with E-state index in [1.165, 1.54) is 44.9 Å². The summed E-state index contributed by atoms with van der Waals surface area (Å²) in [5, 5.41) is 1.46. The lowest BCUT2D eigenvalue weighted by atomic mass is 9.94. The highest BCUT2D eigenvalue weighted by atomic mass is 28.3. The first-order chi connectivity index (χ1) is 10.4. The zero-order valence-electron chi connectivity index (χ0n) is 13.9. The molecule has 0 radical (unpaired) electrons. The van der Waals surface area contributed by atoms with Crippen LogP contribution in [-0.2, 0) is 12.6 Å². The van der Waals surface area contributed by atoms with Crippen LogP contribution >= 0.6 is 0 Å². The lowest BCUT2D eigenvalue weighted by Gasteiger charge is -2.20. The molecule has 0 saturated heterocycles. The molecule has 22 heavy (non-hydrogen) atoms. The van der Waals surface area contributed by atoms with Gasteiger partial charge in [0.15, 0.2) is 0 Å². The smallest absolute Gasteiger partial charge is 0.139 e. The first-order valence-electron chi connectivity index (χ1n) is 8.14. The molecule has 0 amide bonds. The monoisotopic (exact) mass is 303 g/mol. The molecule has 4 rings (SSSR count). The fourth-order valence-corrected chi connectivity index (χ4v) is 5.04. The molecule has 1 heterocycles. The average Bonchev–Trinajstić information content (AvgIpc) is 2.94. The van der Waals surface area contributed by atoms with Gasteiger partial charge in [-0.3, -0.25) is 0 Å². The van der Waals surface area contributed by atoms with Crippen molar-refractivity contribution < 1.29 is 0 Å². The van der Waals surface area contributed by atoms with Gasteiger partial charge in [-0.15, -0.1) is 0 Å². The van der Waals surface area contributed by atoms with Gasteiger partial charge in [-0.1, -0.05) is 61.5 Å². The quantitative estimate of drug-likeness (QED) is 0.501. The molecule has 1 nitrogen and oxygen atoms in total. The van der Waals surface area contributed by atoms with Crippen molar-refractivity contribution in [2.45, 2.75) is 32.2 Å². The standard InChI is InChI=1S/C19H22BNSi/c1-22(2,3)12-21-18-9-8-14(20)11-16(18)17-10-13-6-4-5-7-15(13)19(17)21/h4-9,11H,10,12,20H2,1-3H3. The highest BCUT2D eigenvalue weighted by Crippen LogP contribution is 2.42. The lowest BCUT2D eigenvalue weighted by molar-refractivity contribution is 0.906. The fraction of sp³-hybridized carbons (Fsp3) is 0.263. The molecule has 0 saturated carbocycles. The van der Waals surface area contributed by atoms with E-state index >= 15 is 0 Å². The Labute approximate surface area is 134 Å². The molecule has 0 bridgehead atoms. The molecule has 0 fully saturated rings. The van der Waals surface area contributed by atoms with Gasteiger partial charge in [0.25, 0.3) is 0 Å². The number of fused-ring (bicyclic) bond motifs is 5.